The zero-order valence-corrected chi connectivity index (χ0v) is 16.5. The Kier molecular flexibility index (Phi) is 6.44. The SMILES string of the molecule is CN1CCC(N(C)C(=O)c2ccc(-c3cccc(CNC(=O)CN)c3)cc2)C1. The molecule has 1 heterocycles. The lowest BCUT2D eigenvalue weighted by Crippen LogP contribution is -2.38. The normalized spacial score (nSPS) is 16.8. The number of amides is 2. The van der Waals surface area contributed by atoms with Crippen molar-refractivity contribution in [2.24, 2.45) is 5.73 Å². The van der Waals surface area contributed by atoms with Crippen molar-refractivity contribution in [1.82, 2.24) is 15.1 Å². The minimum absolute atomic E-state index is 0.0131. The Hall–Kier alpha value is -2.70. The maximum Gasteiger partial charge on any atom is 0.253 e. The molecule has 2 aromatic rings. The van der Waals surface area contributed by atoms with E-state index in [0.29, 0.717) is 12.1 Å². The highest BCUT2D eigenvalue weighted by atomic mass is 16.2. The smallest absolute Gasteiger partial charge is 0.253 e. The summed E-state index contributed by atoms with van der Waals surface area (Å²) in [7, 11) is 3.97. The summed E-state index contributed by atoms with van der Waals surface area (Å²) < 4.78 is 0. The van der Waals surface area contributed by atoms with Gasteiger partial charge in [0.1, 0.15) is 0 Å². The van der Waals surface area contributed by atoms with Crippen molar-refractivity contribution in [2.75, 3.05) is 33.7 Å². The minimum Gasteiger partial charge on any atom is -0.351 e. The van der Waals surface area contributed by atoms with Gasteiger partial charge in [0.2, 0.25) is 5.91 Å². The molecule has 2 aromatic carbocycles. The number of nitrogens with two attached hydrogens (primary N) is 1. The van der Waals surface area contributed by atoms with Gasteiger partial charge in [-0.2, -0.15) is 0 Å². The summed E-state index contributed by atoms with van der Waals surface area (Å²) in [5.74, 6) is -0.115. The Morgan fingerprint density at radius 3 is 2.57 bits per heavy atom. The first kappa shape index (κ1) is 20.0. The van der Waals surface area contributed by atoms with Crippen molar-refractivity contribution >= 4 is 11.8 Å². The van der Waals surface area contributed by atoms with Gasteiger partial charge in [-0.25, -0.2) is 0 Å². The predicted octanol–water partition coefficient (Wildman–Crippen LogP) is 1.70. The van der Waals surface area contributed by atoms with Gasteiger partial charge in [0, 0.05) is 31.7 Å². The second kappa shape index (κ2) is 8.99. The predicted molar refractivity (Wildman–Crippen MR) is 111 cm³/mol. The van der Waals surface area contributed by atoms with E-state index in [-0.39, 0.29) is 24.4 Å². The third-order valence-electron chi connectivity index (χ3n) is 5.30. The van der Waals surface area contributed by atoms with Crippen LogP contribution in [0, 0.1) is 0 Å². The van der Waals surface area contributed by atoms with Crippen LogP contribution in [0.3, 0.4) is 0 Å². The zero-order chi connectivity index (χ0) is 20.1. The maximum absolute atomic E-state index is 12.8. The summed E-state index contributed by atoms with van der Waals surface area (Å²) >= 11 is 0. The maximum atomic E-state index is 12.8. The number of likely N-dealkylation sites (tertiary alicyclic amines) is 1. The molecule has 2 amide bonds. The number of hydrogen-bond acceptors (Lipinski definition) is 4. The van der Waals surface area contributed by atoms with Crippen LogP contribution in [-0.2, 0) is 11.3 Å². The second-order valence-corrected chi connectivity index (χ2v) is 7.38. The second-order valence-electron chi connectivity index (χ2n) is 7.38. The Morgan fingerprint density at radius 2 is 1.93 bits per heavy atom. The van der Waals surface area contributed by atoms with Crippen molar-refractivity contribution in [3.63, 3.8) is 0 Å². The number of hydrogen-bond donors (Lipinski definition) is 2. The van der Waals surface area contributed by atoms with Crippen LogP contribution < -0.4 is 11.1 Å². The first-order valence-corrected chi connectivity index (χ1v) is 9.60. The van der Waals surface area contributed by atoms with Gasteiger partial charge in [0.15, 0.2) is 0 Å². The number of carbonyl (C=O) groups excluding carboxylic acids is 2. The van der Waals surface area contributed by atoms with Gasteiger partial charge in [0.25, 0.3) is 5.91 Å². The van der Waals surface area contributed by atoms with Crippen LogP contribution in [0.1, 0.15) is 22.3 Å². The van der Waals surface area contributed by atoms with Crippen molar-refractivity contribution < 1.29 is 9.59 Å². The van der Waals surface area contributed by atoms with Gasteiger partial charge in [0.05, 0.1) is 6.54 Å². The lowest BCUT2D eigenvalue weighted by molar-refractivity contribution is -0.119. The molecule has 0 aromatic heterocycles. The Balaban J connectivity index is 1.68. The van der Waals surface area contributed by atoms with E-state index in [1.165, 1.54) is 0 Å². The Bertz CT molecular complexity index is 835. The standard InChI is InChI=1S/C22H28N4O2/c1-25-11-10-20(15-25)26(2)22(28)18-8-6-17(7-9-18)19-5-3-4-16(12-19)14-24-21(27)13-23/h3-9,12,20H,10-11,13-15,23H2,1-2H3,(H,24,27). The van der Waals surface area contributed by atoms with Gasteiger partial charge < -0.3 is 20.9 Å². The summed E-state index contributed by atoms with van der Waals surface area (Å²) in [5, 5.41) is 2.78. The Morgan fingerprint density at radius 1 is 1.18 bits per heavy atom. The van der Waals surface area contributed by atoms with E-state index < -0.39 is 0 Å². The van der Waals surface area contributed by atoms with Crippen LogP contribution in [0.15, 0.2) is 48.5 Å². The highest BCUT2D eigenvalue weighted by Crippen LogP contribution is 2.22. The van der Waals surface area contributed by atoms with E-state index in [2.05, 4.69) is 17.3 Å². The van der Waals surface area contributed by atoms with Crippen molar-refractivity contribution in [1.29, 1.82) is 0 Å². The summed E-state index contributed by atoms with van der Waals surface area (Å²) in [6.45, 7) is 2.39. The molecule has 0 radical (unpaired) electrons. The average molecular weight is 380 g/mol. The molecule has 6 nitrogen and oxygen atoms in total. The number of likely N-dealkylation sites (N-methyl/N-ethyl adjacent to an activating group) is 2. The molecule has 1 atom stereocenters. The molecule has 6 heteroatoms. The molecular formula is C22H28N4O2. The number of nitrogens with zero attached hydrogens (tertiary/aromatic N) is 2. The van der Waals surface area contributed by atoms with Crippen molar-refractivity contribution in [3.8, 4) is 11.1 Å². The van der Waals surface area contributed by atoms with E-state index in [4.69, 9.17) is 5.73 Å². The van der Waals surface area contributed by atoms with Gasteiger partial charge in [-0.15, -0.1) is 0 Å². The molecule has 3 rings (SSSR count). The van der Waals surface area contributed by atoms with Crippen LogP contribution >= 0.6 is 0 Å². The molecule has 0 aliphatic carbocycles. The van der Waals surface area contributed by atoms with E-state index >= 15 is 0 Å². The summed E-state index contributed by atoms with van der Waals surface area (Å²) in [5.41, 5.74) is 9.10. The molecular weight excluding hydrogens is 352 g/mol. The van der Waals surface area contributed by atoms with Crippen LogP contribution in [0.2, 0.25) is 0 Å². The molecule has 0 spiro atoms. The zero-order valence-electron chi connectivity index (χ0n) is 16.5. The molecule has 1 aliphatic rings. The summed E-state index contributed by atoms with van der Waals surface area (Å²) in [6.07, 6.45) is 1.02. The largest absolute Gasteiger partial charge is 0.351 e. The average Bonchev–Trinajstić information content (AvgIpc) is 3.17. The quantitative estimate of drug-likeness (QED) is 0.800. The highest BCUT2D eigenvalue weighted by molar-refractivity contribution is 5.94. The molecule has 28 heavy (non-hydrogen) atoms. The lowest BCUT2D eigenvalue weighted by Gasteiger charge is -2.24. The molecule has 148 valence electrons. The molecule has 1 saturated heterocycles. The fraction of sp³-hybridized carbons (Fsp3) is 0.364. The minimum atomic E-state index is -0.175. The number of nitrogens with one attached hydrogen (secondary N) is 1. The third kappa shape index (κ3) is 4.77. The number of carbonyl (C=O) groups is 2. The highest BCUT2D eigenvalue weighted by Gasteiger charge is 2.26. The fourth-order valence-electron chi connectivity index (χ4n) is 3.54. The first-order chi connectivity index (χ1) is 13.5. The van der Waals surface area contributed by atoms with E-state index in [1.54, 1.807) is 0 Å². The van der Waals surface area contributed by atoms with Crippen LogP contribution in [0.4, 0.5) is 0 Å². The van der Waals surface area contributed by atoms with Crippen molar-refractivity contribution in [2.45, 2.75) is 19.0 Å². The van der Waals surface area contributed by atoms with Crippen LogP contribution in [-0.4, -0.2) is 61.4 Å². The van der Waals surface area contributed by atoms with Gasteiger partial charge >= 0.3 is 0 Å². The Labute approximate surface area is 166 Å². The monoisotopic (exact) mass is 380 g/mol. The number of rotatable bonds is 6. The summed E-state index contributed by atoms with van der Waals surface area (Å²) in [4.78, 5) is 28.2. The van der Waals surface area contributed by atoms with Gasteiger partial charge in [-0.3, -0.25) is 9.59 Å². The lowest BCUT2D eigenvalue weighted by atomic mass is 10.0. The van der Waals surface area contributed by atoms with E-state index in [0.717, 1.165) is 36.2 Å². The van der Waals surface area contributed by atoms with E-state index in [9.17, 15) is 9.59 Å². The number of benzene rings is 2. The van der Waals surface area contributed by atoms with E-state index in [1.807, 2.05) is 60.5 Å². The first-order valence-electron chi connectivity index (χ1n) is 9.60. The molecule has 0 saturated carbocycles. The topological polar surface area (TPSA) is 78.7 Å². The summed E-state index contributed by atoms with van der Waals surface area (Å²) in [6, 6.07) is 16.0. The molecule has 1 unspecified atom stereocenters. The van der Waals surface area contributed by atoms with Gasteiger partial charge in [-0.1, -0.05) is 30.3 Å². The molecule has 0 bridgehead atoms. The van der Waals surface area contributed by atoms with Crippen molar-refractivity contribution in [3.05, 3.63) is 59.7 Å². The van der Waals surface area contributed by atoms with Gasteiger partial charge in [-0.05, 0) is 54.9 Å². The van der Waals surface area contributed by atoms with Crippen LogP contribution in [0.25, 0.3) is 11.1 Å². The third-order valence-corrected chi connectivity index (χ3v) is 5.30. The molecule has 3 N–H and O–H groups in total. The van der Waals surface area contributed by atoms with Crippen LogP contribution in [0.5, 0.6) is 0 Å². The molecule has 1 aliphatic heterocycles. The fourth-order valence-corrected chi connectivity index (χ4v) is 3.54. The molecule has 1 fully saturated rings.